The quantitative estimate of drug-likeness (QED) is 0.736. The summed E-state index contributed by atoms with van der Waals surface area (Å²) < 4.78 is 3.02. The van der Waals surface area contributed by atoms with Crippen LogP contribution in [0, 0.1) is 3.57 Å². The molecular formula is C9H7Br2IO2. The Hall–Kier alpha value is 0.380. The van der Waals surface area contributed by atoms with E-state index in [0.29, 0.717) is 6.42 Å². The van der Waals surface area contributed by atoms with Crippen molar-refractivity contribution in [3.8, 4) is 0 Å². The first-order chi connectivity index (χ1) is 6.50. The monoisotopic (exact) mass is 432 g/mol. The molecule has 14 heavy (non-hydrogen) atoms. The summed E-state index contributed by atoms with van der Waals surface area (Å²) in [5, 5.41) is 8.58. The van der Waals surface area contributed by atoms with Crippen LogP contribution in [0.1, 0.15) is 12.0 Å². The van der Waals surface area contributed by atoms with Crippen LogP contribution in [0.5, 0.6) is 0 Å². The predicted molar refractivity (Wildman–Crippen MR) is 70.5 cm³/mol. The van der Waals surface area contributed by atoms with Crippen LogP contribution in [0.25, 0.3) is 0 Å². The van der Waals surface area contributed by atoms with Crippen molar-refractivity contribution in [1.29, 1.82) is 0 Å². The van der Waals surface area contributed by atoms with Gasteiger partial charge in [-0.05, 0) is 46.7 Å². The highest BCUT2D eigenvalue weighted by atomic mass is 127. The molecule has 0 atom stereocenters. The lowest BCUT2D eigenvalue weighted by Gasteiger charge is -2.06. The van der Waals surface area contributed by atoms with Gasteiger partial charge in [0.25, 0.3) is 0 Å². The van der Waals surface area contributed by atoms with E-state index >= 15 is 0 Å². The minimum atomic E-state index is -0.776. The van der Waals surface area contributed by atoms with Gasteiger partial charge in [-0.2, -0.15) is 0 Å². The van der Waals surface area contributed by atoms with Gasteiger partial charge in [-0.1, -0.05) is 31.9 Å². The van der Waals surface area contributed by atoms with Crippen molar-refractivity contribution in [3.63, 3.8) is 0 Å². The van der Waals surface area contributed by atoms with Gasteiger partial charge in [-0.3, -0.25) is 4.79 Å². The van der Waals surface area contributed by atoms with Crippen LogP contribution in [-0.2, 0) is 11.2 Å². The standard InChI is InChI=1S/C9H7Br2IO2/c10-7-3-5(12)4-8(11)6(7)1-2-9(13)14/h3-4H,1-2H2,(H,13,14). The number of carboxylic acid groups (broad SMARTS) is 1. The molecule has 0 spiro atoms. The zero-order valence-electron chi connectivity index (χ0n) is 7.06. The second kappa shape index (κ2) is 5.46. The fourth-order valence-electron chi connectivity index (χ4n) is 1.04. The molecule has 1 N–H and O–H groups in total. The Morgan fingerprint density at radius 1 is 1.36 bits per heavy atom. The fourth-order valence-corrected chi connectivity index (χ4v) is 4.10. The Morgan fingerprint density at radius 3 is 2.29 bits per heavy atom. The summed E-state index contributed by atoms with van der Waals surface area (Å²) in [6.07, 6.45) is 0.686. The predicted octanol–water partition coefficient (Wildman–Crippen LogP) is 3.83. The number of carbonyl (C=O) groups is 1. The zero-order chi connectivity index (χ0) is 10.7. The maximum Gasteiger partial charge on any atom is 0.303 e. The molecule has 0 aliphatic rings. The number of benzene rings is 1. The SMILES string of the molecule is O=C(O)CCc1c(Br)cc(I)cc1Br. The van der Waals surface area contributed by atoms with Crippen molar-refractivity contribution >= 4 is 60.4 Å². The molecule has 0 saturated carbocycles. The Kier molecular flexibility index (Phi) is 4.86. The van der Waals surface area contributed by atoms with Gasteiger partial charge in [0.15, 0.2) is 0 Å². The van der Waals surface area contributed by atoms with Crippen molar-refractivity contribution in [3.05, 3.63) is 30.2 Å². The highest BCUT2D eigenvalue weighted by molar-refractivity contribution is 14.1. The van der Waals surface area contributed by atoms with Crippen molar-refractivity contribution < 1.29 is 9.90 Å². The van der Waals surface area contributed by atoms with Crippen LogP contribution < -0.4 is 0 Å². The average Bonchev–Trinajstić information content (AvgIpc) is 2.01. The lowest BCUT2D eigenvalue weighted by atomic mass is 10.1. The van der Waals surface area contributed by atoms with Crippen LogP contribution in [0.4, 0.5) is 0 Å². The van der Waals surface area contributed by atoms with Gasteiger partial charge in [0.1, 0.15) is 0 Å². The Labute approximate surface area is 112 Å². The summed E-state index contributed by atoms with van der Waals surface area (Å²) in [6, 6.07) is 3.95. The lowest BCUT2D eigenvalue weighted by Crippen LogP contribution is -1.99. The van der Waals surface area contributed by atoms with Gasteiger partial charge in [0.05, 0.1) is 0 Å². The molecule has 0 unspecified atom stereocenters. The Balaban J connectivity index is 2.91. The number of carboxylic acids is 1. The highest BCUT2D eigenvalue weighted by Gasteiger charge is 2.08. The van der Waals surface area contributed by atoms with E-state index in [1.54, 1.807) is 0 Å². The maximum absolute atomic E-state index is 10.4. The molecule has 0 aliphatic heterocycles. The first-order valence-corrected chi connectivity index (χ1v) is 6.52. The van der Waals surface area contributed by atoms with E-state index in [-0.39, 0.29) is 6.42 Å². The molecule has 1 rings (SSSR count). The molecule has 1 aromatic rings. The molecule has 5 heteroatoms. The summed E-state index contributed by atoms with van der Waals surface area (Å²) in [6.45, 7) is 0. The third-order valence-electron chi connectivity index (χ3n) is 1.69. The van der Waals surface area contributed by atoms with Crippen LogP contribution >= 0.6 is 54.5 Å². The smallest absolute Gasteiger partial charge is 0.303 e. The summed E-state index contributed by atoms with van der Waals surface area (Å²) >= 11 is 9.05. The molecule has 1 aromatic carbocycles. The second-order valence-electron chi connectivity index (χ2n) is 2.74. The van der Waals surface area contributed by atoms with Crippen molar-refractivity contribution in [2.24, 2.45) is 0 Å². The molecule has 2 nitrogen and oxygen atoms in total. The first kappa shape index (κ1) is 12.4. The Bertz CT molecular complexity index is 343. The van der Waals surface area contributed by atoms with E-state index in [9.17, 15) is 4.79 Å². The topological polar surface area (TPSA) is 37.3 Å². The molecular weight excluding hydrogens is 427 g/mol. The highest BCUT2D eigenvalue weighted by Crippen LogP contribution is 2.29. The van der Waals surface area contributed by atoms with Gasteiger partial charge < -0.3 is 5.11 Å². The number of aliphatic carboxylic acids is 1. The van der Waals surface area contributed by atoms with E-state index in [2.05, 4.69) is 54.5 Å². The molecule has 0 saturated heterocycles. The van der Waals surface area contributed by atoms with E-state index in [1.165, 1.54) is 0 Å². The molecule has 0 aliphatic carbocycles. The minimum Gasteiger partial charge on any atom is -0.481 e. The third-order valence-corrected chi connectivity index (χ3v) is 3.73. The number of rotatable bonds is 3. The normalized spacial score (nSPS) is 10.2. The van der Waals surface area contributed by atoms with Crippen LogP contribution in [0.15, 0.2) is 21.1 Å². The number of halogens is 3. The molecule has 0 heterocycles. The maximum atomic E-state index is 10.4. The van der Waals surface area contributed by atoms with Crippen molar-refractivity contribution in [2.75, 3.05) is 0 Å². The molecule has 0 aromatic heterocycles. The van der Waals surface area contributed by atoms with E-state index in [4.69, 9.17) is 5.11 Å². The number of hydrogen-bond acceptors (Lipinski definition) is 1. The largest absolute Gasteiger partial charge is 0.481 e. The lowest BCUT2D eigenvalue weighted by molar-refractivity contribution is -0.136. The van der Waals surface area contributed by atoms with Gasteiger partial charge in [0.2, 0.25) is 0 Å². The minimum absolute atomic E-state index is 0.151. The third kappa shape index (κ3) is 3.51. The summed E-state index contributed by atoms with van der Waals surface area (Å²) in [4.78, 5) is 10.4. The summed E-state index contributed by atoms with van der Waals surface area (Å²) in [7, 11) is 0. The van der Waals surface area contributed by atoms with E-state index < -0.39 is 5.97 Å². The second-order valence-corrected chi connectivity index (χ2v) is 5.70. The Morgan fingerprint density at radius 2 is 1.86 bits per heavy atom. The van der Waals surface area contributed by atoms with Crippen molar-refractivity contribution in [1.82, 2.24) is 0 Å². The zero-order valence-corrected chi connectivity index (χ0v) is 12.4. The fraction of sp³-hybridized carbons (Fsp3) is 0.222. The van der Waals surface area contributed by atoms with Crippen LogP contribution in [0.2, 0.25) is 0 Å². The average molecular weight is 434 g/mol. The number of hydrogen-bond donors (Lipinski definition) is 1. The van der Waals surface area contributed by atoms with Crippen LogP contribution in [0.3, 0.4) is 0 Å². The first-order valence-electron chi connectivity index (χ1n) is 3.86. The molecule has 76 valence electrons. The summed E-state index contributed by atoms with van der Waals surface area (Å²) in [5.74, 6) is -0.776. The van der Waals surface area contributed by atoms with Crippen LogP contribution in [-0.4, -0.2) is 11.1 Å². The molecule has 0 bridgehead atoms. The van der Waals surface area contributed by atoms with Gasteiger partial charge in [0, 0.05) is 18.9 Å². The van der Waals surface area contributed by atoms with Gasteiger partial charge >= 0.3 is 5.97 Å². The van der Waals surface area contributed by atoms with E-state index in [0.717, 1.165) is 18.1 Å². The molecule has 0 fully saturated rings. The van der Waals surface area contributed by atoms with Gasteiger partial charge in [-0.15, -0.1) is 0 Å². The van der Waals surface area contributed by atoms with Crippen molar-refractivity contribution in [2.45, 2.75) is 12.8 Å². The van der Waals surface area contributed by atoms with E-state index in [1.807, 2.05) is 12.1 Å². The molecule has 0 amide bonds. The summed E-state index contributed by atoms with van der Waals surface area (Å²) in [5.41, 5.74) is 1.01. The van der Waals surface area contributed by atoms with Gasteiger partial charge in [-0.25, -0.2) is 0 Å². The molecule has 0 radical (unpaired) electrons.